The summed E-state index contributed by atoms with van der Waals surface area (Å²) in [7, 11) is 0. The number of carbonyl (C=O) groups excluding carboxylic acids is 1. The molecule has 1 fully saturated rings. The summed E-state index contributed by atoms with van der Waals surface area (Å²) in [6, 6.07) is 19.2. The van der Waals surface area contributed by atoms with Crippen molar-refractivity contribution in [1.29, 1.82) is 5.26 Å². The van der Waals surface area contributed by atoms with Crippen molar-refractivity contribution in [2.24, 2.45) is 5.92 Å². The molecular formula is C21H23N3O2. The lowest BCUT2D eigenvalue weighted by Crippen LogP contribution is -2.41. The number of carbonyl (C=O) groups is 1. The van der Waals surface area contributed by atoms with E-state index in [-0.39, 0.29) is 11.8 Å². The molecule has 5 heteroatoms. The molecule has 5 nitrogen and oxygen atoms in total. The summed E-state index contributed by atoms with van der Waals surface area (Å²) in [6.07, 6.45) is 2.40. The lowest BCUT2D eigenvalue weighted by molar-refractivity contribution is -0.121. The van der Waals surface area contributed by atoms with Gasteiger partial charge in [0.2, 0.25) is 5.91 Å². The number of nitrogens with zero attached hydrogens (tertiary/aromatic N) is 2. The number of nitriles is 1. The van der Waals surface area contributed by atoms with E-state index in [1.165, 1.54) is 0 Å². The van der Waals surface area contributed by atoms with Crippen molar-refractivity contribution in [2.75, 3.05) is 25.0 Å². The van der Waals surface area contributed by atoms with E-state index >= 15 is 0 Å². The highest BCUT2D eigenvalue weighted by Crippen LogP contribution is 2.24. The molecule has 1 unspecified atom stereocenters. The minimum Gasteiger partial charge on any atom is -0.457 e. The van der Waals surface area contributed by atoms with Crippen molar-refractivity contribution in [2.45, 2.75) is 19.3 Å². The van der Waals surface area contributed by atoms with Gasteiger partial charge in [-0.25, -0.2) is 0 Å². The number of rotatable bonds is 6. The number of para-hydroxylation sites is 1. The predicted octanol–water partition coefficient (Wildman–Crippen LogP) is 4.04. The van der Waals surface area contributed by atoms with Crippen LogP contribution in [0.3, 0.4) is 0 Å². The van der Waals surface area contributed by atoms with Gasteiger partial charge in [-0.3, -0.25) is 4.79 Å². The molecule has 0 radical (unpaired) electrons. The molecule has 1 saturated heterocycles. The fourth-order valence-corrected chi connectivity index (χ4v) is 3.16. The normalized spacial score (nSPS) is 17.3. The molecular weight excluding hydrogens is 326 g/mol. The zero-order valence-corrected chi connectivity index (χ0v) is 14.7. The third-order valence-electron chi connectivity index (χ3n) is 4.52. The number of amides is 1. The maximum Gasteiger partial charge on any atom is 0.228 e. The molecule has 26 heavy (non-hydrogen) atoms. The number of likely N-dealkylation sites (tertiary alicyclic amines) is 1. The van der Waals surface area contributed by atoms with Gasteiger partial charge in [0.05, 0.1) is 12.0 Å². The minimum absolute atomic E-state index is 0.0253. The van der Waals surface area contributed by atoms with E-state index in [0.29, 0.717) is 6.42 Å². The van der Waals surface area contributed by atoms with Crippen LogP contribution in [-0.4, -0.2) is 30.4 Å². The van der Waals surface area contributed by atoms with E-state index < -0.39 is 0 Å². The molecule has 2 aromatic carbocycles. The van der Waals surface area contributed by atoms with Crippen LogP contribution in [0.5, 0.6) is 11.5 Å². The van der Waals surface area contributed by atoms with Crippen LogP contribution in [0.1, 0.15) is 19.3 Å². The van der Waals surface area contributed by atoms with Gasteiger partial charge < -0.3 is 15.0 Å². The van der Waals surface area contributed by atoms with Gasteiger partial charge in [0.1, 0.15) is 11.5 Å². The maximum absolute atomic E-state index is 12.5. The van der Waals surface area contributed by atoms with Crippen molar-refractivity contribution in [3.05, 3.63) is 54.6 Å². The van der Waals surface area contributed by atoms with Crippen molar-refractivity contribution < 1.29 is 9.53 Å². The van der Waals surface area contributed by atoms with Crippen LogP contribution in [0.2, 0.25) is 0 Å². The standard InChI is InChI=1S/C21H23N3O2/c22-13-5-15-24-14-4-6-17(16-24)21(25)23-18-9-11-20(12-10-18)26-19-7-2-1-3-8-19/h1-3,7-12,17H,4-6,14-16H2,(H,23,25). The quantitative estimate of drug-likeness (QED) is 0.855. The van der Waals surface area contributed by atoms with Crippen molar-refractivity contribution >= 4 is 11.6 Å². The first-order valence-electron chi connectivity index (χ1n) is 8.98. The zero-order valence-electron chi connectivity index (χ0n) is 14.7. The van der Waals surface area contributed by atoms with Crippen molar-refractivity contribution in [3.8, 4) is 17.6 Å². The van der Waals surface area contributed by atoms with Crippen LogP contribution < -0.4 is 10.1 Å². The molecule has 1 N–H and O–H groups in total. The second-order valence-corrected chi connectivity index (χ2v) is 6.48. The summed E-state index contributed by atoms with van der Waals surface area (Å²) in [6.45, 7) is 2.44. The van der Waals surface area contributed by atoms with Gasteiger partial charge in [0.15, 0.2) is 0 Å². The van der Waals surface area contributed by atoms with E-state index in [1.807, 2.05) is 54.6 Å². The van der Waals surface area contributed by atoms with Crippen LogP contribution in [0.15, 0.2) is 54.6 Å². The maximum atomic E-state index is 12.5. The van der Waals surface area contributed by atoms with Gasteiger partial charge in [-0.15, -0.1) is 0 Å². The lowest BCUT2D eigenvalue weighted by Gasteiger charge is -2.31. The third-order valence-corrected chi connectivity index (χ3v) is 4.52. The molecule has 0 aliphatic carbocycles. The summed E-state index contributed by atoms with van der Waals surface area (Å²) in [5, 5.41) is 11.7. The van der Waals surface area contributed by atoms with Crippen LogP contribution in [-0.2, 0) is 4.79 Å². The van der Waals surface area contributed by atoms with E-state index in [4.69, 9.17) is 10.00 Å². The monoisotopic (exact) mass is 349 g/mol. The second-order valence-electron chi connectivity index (χ2n) is 6.48. The topological polar surface area (TPSA) is 65.4 Å². The lowest BCUT2D eigenvalue weighted by atomic mass is 9.97. The molecule has 1 aliphatic heterocycles. The number of hydrogen-bond acceptors (Lipinski definition) is 4. The third kappa shape index (κ3) is 5.08. The number of ether oxygens (including phenoxy) is 1. The van der Waals surface area contributed by atoms with Crippen LogP contribution in [0.25, 0.3) is 0 Å². The molecule has 2 aromatic rings. The highest BCUT2D eigenvalue weighted by molar-refractivity contribution is 5.92. The Kier molecular flexibility index (Phi) is 6.24. The molecule has 0 bridgehead atoms. The van der Waals surface area contributed by atoms with E-state index in [0.717, 1.165) is 49.7 Å². The Bertz CT molecular complexity index is 753. The van der Waals surface area contributed by atoms with E-state index in [1.54, 1.807) is 0 Å². The Labute approximate surface area is 154 Å². The van der Waals surface area contributed by atoms with E-state index in [2.05, 4.69) is 16.3 Å². The van der Waals surface area contributed by atoms with Gasteiger partial charge in [0, 0.05) is 25.2 Å². The Balaban J connectivity index is 1.53. The first-order valence-corrected chi connectivity index (χ1v) is 8.98. The second kappa shape index (κ2) is 9.02. The average molecular weight is 349 g/mol. The van der Waals surface area contributed by atoms with Gasteiger partial charge in [-0.05, 0) is 55.8 Å². The van der Waals surface area contributed by atoms with Crippen LogP contribution in [0, 0.1) is 17.2 Å². The molecule has 0 spiro atoms. The number of piperidine rings is 1. The number of anilines is 1. The molecule has 0 saturated carbocycles. The molecule has 1 amide bonds. The first-order chi connectivity index (χ1) is 12.7. The number of hydrogen-bond donors (Lipinski definition) is 1. The highest BCUT2D eigenvalue weighted by Gasteiger charge is 2.25. The summed E-state index contributed by atoms with van der Waals surface area (Å²) in [5.74, 6) is 1.53. The SMILES string of the molecule is N#CCCN1CCCC(C(=O)Nc2ccc(Oc3ccccc3)cc2)C1. The molecule has 134 valence electrons. The summed E-state index contributed by atoms with van der Waals surface area (Å²) in [4.78, 5) is 14.7. The molecule has 3 rings (SSSR count). The zero-order chi connectivity index (χ0) is 18.2. The van der Waals surface area contributed by atoms with E-state index in [9.17, 15) is 4.79 Å². The predicted molar refractivity (Wildman–Crippen MR) is 101 cm³/mol. The van der Waals surface area contributed by atoms with Gasteiger partial charge >= 0.3 is 0 Å². The number of nitrogens with one attached hydrogen (secondary N) is 1. The minimum atomic E-state index is -0.0253. The van der Waals surface area contributed by atoms with Crippen LogP contribution >= 0.6 is 0 Å². The average Bonchev–Trinajstić information content (AvgIpc) is 2.69. The number of benzene rings is 2. The summed E-state index contributed by atoms with van der Waals surface area (Å²) >= 11 is 0. The summed E-state index contributed by atoms with van der Waals surface area (Å²) in [5.41, 5.74) is 0.768. The molecule has 0 aromatic heterocycles. The van der Waals surface area contributed by atoms with Crippen LogP contribution in [0.4, 0.5) is 5.69 Å². The Hall–Kier alpha value is -2.84. The molecule has 1 aliphatic rings. The fourth-order valence-electron chi connectivity index (χ4n) is 3.16. The fraction of sp³-hybridized carbons (Fsp3) is 0.333. The van der Waals surface area contributed by atoms with Gasteiger partial charge in [-0.2, -0.15) is 5.26 Å². The molecule has 1 heterocycles. The van der Waals surface area contributed by atoms with Gasteiger partial charge in [-0.1, -0.05) is 18.2 Å². The smallest absolute Gasteiger partial charge is 0.228 e. The Morgan fingerprint density at radius 1 is 1.15 bits per heavy atom. The Morgan fingerprint density at radius 2 is 1.88 bits per heavy atom. The highest BCUT2D eigenvalue weighted by atomic mass is 16.5. The largest absolute Gasteiger partial charge is 0.457 e. The van der Waals surface area contributed by atoms with Crippen molar-refractivity contribution in [3.63, 3.8) is 0 Å². The summed E-state index contributed by atoms with van der Waals surface area (Å²) < 4.78 is 5.76. The van der Waals surface area contributed by atoms with Gasteiger partial charge in [0.25, 0.3) is 0 Å². The van der Waals surface area contributed by atoms with Crippen molar-refractivity contribution in [1.82, 2.24) is 4.90 Å². The first kappa shape index (κ1) is 18.0. The molecule has 1 atom stereocenters. The Morgan fingerprint density at radius 3 is 2.62 bits per heavy atom.